The van der Waals surface area contributed by atoms with Gasteiger partial charge < -0.3 is 15.5 Å². The van der Waals surface area contributed by atoms with E-state index >= 15 is 0 Å². The van der Waals surface area contributed by atoms with Gasteiger partial charge in [-0.2, -0.15) is 0 Å². The third-order valence-corrected chi connectivity index (χ3v) is 3.58. The molecule has 0 aliphatic heterocycles. The van der Waals surface area contributed by atoms with Gasteiger partial charge in [0, 0.05) is 16.6 Å². The standard InChI is InChI=1S/C15H21Cl2NO3/c1-15(2,3)13(20)8-18-14(21)7-12(19)9-4-10(16)6-11(17)5-9/h4-6,12-13,19-20H,7-8H2,1-3H3,(H,18,21). The third-order valence-electron chi connectivity index (χ3n) is 3.14. The van der Waals surface area contributed by atoms with Crippen LogP contribution < -0.4 is 5.32 Å². The van der Waals surface area contributed by atoms with Gasteiger partial charge in [-0.3, -0.25) is 4.79 Å². The molecule has 6 heteroatoms. The SMILES string of the molecule is CC(C)(C)C(O)CNC(=O)CC(O)c1cc(Cl)cc(Cl)c1. The van der Waals surface area contributed by atoms with Gasteiger partial charge in [0.2, 0.25) is 5.91 Å². The molecule has 2 atom stereocenters. The lowest BCUT2D eigenvalue weighted by Gasteiger charge is -2.26. The molecule has 0 aliphatic rings. The topological polar surface area (TPSA) is 69.6 Å². The molecule has 0 saturated carbocycles. The van der Waals surface area contributed by atoms with Gasteiger partial charge in [-0.05, 0) is 29.2 Å². The molecule has 3 N–H and O–H groups in total. The molecule has 0 heterocycles. The second-order valence-corrected chi connectivity index (χ2v) is 6.98. The fraction of sp³-hybridized carbons (Fsp3) is 0.533. The number of aliphatic hydroxyl groups is 2. The molecule has 4 nitrogen and oxygen atoms in total. The summed E-state index contributed by atoms with van der Waals surface area (Å²) in [5, 5.41) is 23.3. The largest absolute Gasteiger partial charge is 0.391 e. The zero-order chi connectivity index (χ0) is 16.2. The van der Waals surface area contributed by atoms with Crippen LogP contribution in [0.4, 0.5) is 0 Å². The Morgan fingerprint density at radius 1 is 1.19 bits per heavy atom. The fourth-order valence-electron chi connectivity index (χ4n) is 1.65. The van der Waals surface area contributed by atoms with Crippen LogP contribution in [0.2, 0.25) is 10.0 Å². The molecule has 1 amide bonds. The van der Waals surface area contributed by atoms with E-state index in [-0.39, 0.29) is 24.3 Å². The maximum Gasteiger partial charge on any atom is 0.223 e. The number of rotatable bonds is 5. The summed E-state index contributed by atoms with van der Waals surface area (Å²) in [4.78, 5) is 11.8. The molecule has 21 heavy (non-hydrogen) atoms. The zero-order valence-corrected chi connectivity index (χ0v) is 13.9. The van der Waals surface area contributed by atoms with Crippen LogP contribution >= 0.6 is 23.2 Å². The molecule has 0 aliphatic carbocycles. The summed E-state index contributed by atoms with van der Waals surface area (Å²) in [6, 6.07) is 4.68. The lowest BCUT2D eigenvalue weighted by atomic mass is 9.89. The quantitative estimate of drug-likeness (QED) is 0.775. The Morgan fingerprint density at radius 3 is 2.19 bits per heavy atom. The van der Waals surface area contributed by atoms with Crippen LogP contribution in [0.5, 0.6) is 0 Å². The van der Waals surface area contributed by atoms with Gasteiger partial charge in [-0.25, -0.2) is 0 Å². The van der Waals surface area contributed by atoms with Crippen molar-refractivity contribution in [1.29, 1.82) is 0 Å². The van der Waals surface area contributed by atoms with E-state index in [1.807, 2.05) is 20.8 Å². The zero-order valence-electron chi connectivity index (χ0n) is 12.4. The van der Waals surface area contributed by atoms with Crippen molar-refractivity contribution in [3.8, 4) is 0 Å². The number of hydrogen-bond acceptors (Lipinski definition) is 3. The number of benzene rings is 1. The molecular formula is C15H21Cl2NO3. The van der Waals surface area contributed by atoms with Crippen LogP contribution in [-0.2, 0) is 4.79 Å². The van der Waals surface area contributed by atoms with Crippen molar-refractivity contribution in [3.05, 3.63) is 33.8 Å². The van der Waals surface area contributed by atoms with Crippen LogP contribution in [0.25, 0.3) is 0 Å². The normalized spacial score (nSPS) is 14.6. The summed E-state index contributed by atoms with van der Waals surface area (Å²) < 4.78 is 0. The van der Waals surface area contributed by atoms with E-state index in [0.717, 1.165) is 0 Å². The average molecular weight is 334 g/mol. The van der Waals surface area contributed by atoms with Crippen molar-refractivity contribution in [1.82, 2.24) is 5.32 Å². The van der Waals surface area contributed by atoms with E-state index in [9.17, 15) is 15.0 Å². The van der Waals surface area contributed by atoms with Crippen LogP contribution in [0, 0.1) is 5.41 Å². The van der Waals surface area contributed by atoms with Crippen molar-refractivity contribution in [2.45, 2.75) is 39.4 Å². The molecule has 0 aromatic heterocycles. The van der Waals surface area contributed by atoms with Crippen molar-refractivity contribution in [3.63, 3.8) is 0 Å². The van der Waals surface area contributed by atoms with Crippen LogP contribution in [-0.4, -0.2) is 28.8 Å². The summed E-state index contributed by atoms with van der Waals surface area (Å²) in [5.74, 6) is -0.345. The Hall–Kier alpha value is -0.810. The Bertz CT molecular complexity index is 480. The van der Waals surface area contributed by atoms with Gasteiger partial charge in [0.25, 0.3) is 0 Å². The molecule has 1 aromatic rings. The van der Waals surface area contributed by atoms with Crippen molar-refractivity contribution < 1.29 is 15.0 Å². The number of halogens is 2. The second kappa shape index (κ2) is 7.45. The number of carbonyl (C=O) groups is 1. The number of amides is 1. The van der Waals surface area contributed by atoms with Gasteiger partial charge in [-0.15, -0.1) is 0 Å². The van der Waals surface area contributed by atoms with E-state index in [0.29, 0.717) is 15.6 Å². The first-order valence-corrected chi connectivity index (χ1v) is 7.44. The molecule has 1 rings (SSSR count). The summed E-state index contributed by atoms with van der Waals surface area (Å²) in [6.45, 7) is 5.79. The van der Waals surface area contributed by atoms with Gasteiger partial charge in [0.05, 0.1) is 18.6 Å². The molecule has 0 bridgehead atoms. The van der Waals surface area contributed by atoms with E-state index in [4.69, 9.17) is 23.2 Å². The van der Waals surface area contributed by atoms with Crippen LogP contribution in [0.1, 0.15) is 38.9 Å². The Morgan fingerprint density at radius 2 is 1.71 bits per heavy atom. The van der Waals surface area contributed by atoms with Crippen molar-refractivity contribution >= 4 is 29.1 Å². The lowest BCUT2D eigenvalue weighted by Crippen LogP contribution is -2.39. The molecule has 0 spiro atoms. The monoisotopic (exact) mass is 333 g/mol. The van der Waals surface area contributed by atoms with Crippen molar-refractivity contribution in [2.75, 3.05) is 6.54 Å². The predicted octanol–water partition coefficient (Wildman–Crippen LogP) is 2.94. The van der Waals surface area contributed by atoms with E-state index in [1.54, 1.807) is 18.2 Å². The van der Waals surface area contributed by atoms with Gasteiger partial charge in [0.15, 0.2) is 0 Å². The van der Waals surface area contributed by atoms with Crippen LogP contribution in [0.15, 0.2) is 18.2 Å². The molecule has 0 radical (unpaired) electrons. The number of carbonyl (C=O) groups excluding carboxylic acids is 1. The predicted molar refractivity (Wildman–Crippen MR) is 84.5 cm³/mol. The average Bonchev–Trinajstić information content (AvgIpc) is 2.33. The minimum atomic E-state index is -0.993. The van der Waals surface area contributed by atoms with E-state index < -0.39 is 12.2 Å². The molecule has 0 fully saturated rings. The minimum Gasteiger partial charge on any atom is -0.391 e. The Kier molecular flexibility index (Phi) is 6.47. The van der Waals surface area contributed by atoms with Gasteiger partial charge in [0.1, 0.15) is 0 Å². The number of hydrogen-bond donors (Lipinski definition) is 3. The first-order valence-electron chi connectivity index (χ1n) is 6.68. The highest BCUT2D eigenvalue weighted by Crippen LogP contribution is 2.25. The Labute approximate surface area is 135 Å². The molecule has 2 unspecified atom stereocenters. The van der Waals surface area contributed by atoms with Gasteiger partial charge >= 0.3 is 0 Å². The number of aliphatic hydroxyl groups excluding tert-OH is 2. The summed E-state index contributed by atoms with van der Waals surface area (Å²) in [6.07, 6.45) is -1.76. The van der Waals surface area contributed by atoms with E-state index in [2.05, 4.69) is 5.32 Å². The Balaban J connectivity index is 2.54. The highest BCUT2D eigenvalue weighted by Gasteiger charge is 2.23. The highest BCUT2D eigenvalue weighted by molar-refractivity contribution is 6.34. The van der Waals surface area contributed by atoms with Crippen LogP contribution in [0.3, 0.4) is 0 Å². The number of nitrogens with one attached hydrogen (secondary N) is 1. The molecule has 1 aromatic carbocycles. The maximum atomic E-state index is 11.8. The fourth-order valence-corrected chi connectivity index (χ4v) is 2.19. The maximum absolute atomic E-state index is 11.8. The lowest BCUT2D eigenvalue weighted by molar-refractivity contribution is -0.123. The first-order chi connectivity index (χ1) is 9.59. The summed E-state index contributed by atoms with van der Waals surface area (Å²) in [5.41, 5.74) is 0.172. The molecule has 0 saturated heterocycles. The second-order valence-electron chi connectivity index (χ2n) is 6.11. The summed E-state index contributed by atoms with van der Waals surface area (Å²) >= 11 is 11.7. The highest BCUT2D eigenvalue weighted by atomic mass is 35.5. The third kappa shape index (κ3) is 6.22. The molecule has 118 valence electrons. The smallest absolute Gasteiger partial charge is 0.223 e. The first kappa shape index (κ1) is 18.2. The van der Waals surface area contributed by atoms with Gasteiger partial charge in [-0.1, -0.05) is 44.0 Å². The van der Waals surface area contributed by atoms with E-state index in [1.165, 1.54) is 0 Å². The van der Waals surface area contributed by atoms with Crippen molar-refractivity contribution in [2.24, 2.45) is 5.41 Å². The summed E-state index contributed by atoms with van der Waals surface area (Å²) in [7, 11) is 0. The minimum absolute atomic E-state index is 0.118. The molecular weight excluding hydrogens is 313 g/mol.